The molecular formula is C16H24ClNO. The summed E-state index contributed by atoms with van der Waals surface area (Å²) in [6, 6.07) is 7.87. The van der Waals surface area contributed by atoms with Crippen molar-refractivity contribution in [3.63, 3.8) is 0 Å². The number of benzene rings is 1. The zero-order chi connectivity index (χ0) is 14.5. The van der Waals surface area contributed by atoms with Gasteiger partial charge in [-0.15, -0.1) is 11.6 Å². The van der Waals surface area contributed by atoms with Crippen LogP contribution in [0, 0.1) is 0 Å². The van der Waals surface area contributed by atoms with Crippen LogP contribution in [0.5, 0.6) is 0 Å². The predicted octanol–water partition coefficient (Wildman–Crippen LogP) is 4.08. The number of alkyl halides is 1. The summed E-state index contributed by atoms with van der Waals surface area (Å²) < 4.78 is 0. The quantitative estimate of drug-likeness (QED) is 0.745. The molecule has 1 rings (SSSR count). The fourth-order valence-electron chi connectivity index (χ4n) is 2.18. The number of rotatable bonds is 5. The lowest BCUT2D eigenvalue weighted by molar-refractivity contribution is 0.0763. The average Bonchev–Trinajstić information content (AvgIpc) is 2.37. The molecule has 2 nitrogen and oxygen atoms in total. The standard InChI is InChI=1S/C16H24ClNO/c1-5-11-18(12-10-17)15(19)13-8-6-7-9-14(13)16(2,3)4/h6-9H,5,10-12H2,1-4H3. The van der Waals surface area contributed by atoms with Crippen molar-refractivity contribution >= 4 is 17.5 Å². The second kappa shape index (κ2) is 6.95. The third-order valence-electron chi connectivity index (χ3n) is 3.10. The molecule has 0 saturated carbocycles. The maximum atomic E-state index is 12.7. The van der Waals surface area contributed by atoms with Crippen LogP contribution in [0.4, 0.5) is 0 Å². The van der Waals surface area contributed by atoms with Gasteiger partial charge in [0.1, 0.15) is 0 Å². The minimum atomic E-state index is -0.0366. The summed E-state index contributed by atoms with van der Waals surface area (Å²) in [6.45, 7) is 9.82. The van der Waals surface area contributed by atoms with Crippen LogP contribution in [0.3, 0.4) is 0 Å². The van der Waals surface area contributed by atoms with Crippen molar-refractivity contribution < 1.29 is 4.79 Å². The topological polar surface area (TPSA) is 20.3 Å². The zero-order valence-electron chi connectivity index (χ0n) is 12.4. The highest BCUT2D eigenvalue weighted by Crippen LogP contribution is 2.26. The highest BCUT2D eigenvalue weighted by atomic mass is 35.5. The highest BCUT2D eigenvalue weighted by molar-refractivity contribution is 6.18. The van der Waals surface area contributed by atoms with E-state index in [0.717, 1.165) is 24.1 Å². The number of carbonyl (C=O) groups excluding carboxylic acids is 1. The Morgan fingerprint density at radius 2 is 1.84 bits per heavy atom. The predicted molar refractivity (Wildman–Crippen MR) is 82.1 cm³/mol. The molecule has 1 aromatic rings. The fraction of sp³-hybridized carbons (Fsp3) is 0.562. The van der Waals surface area contributed by atoms with Gasteiger partial charge in [-0.3, -0.25) is 4.79 Å². The number of halogens is 1. The molecule has 0 aromatic heterocycles. The number of hydrogen-bond acceptors (Lipinski definition) is 1. The van der Waals surface area contributed by atoms with Crippen molar-refractivity contribution in [1.82, 2.24) is 4.90 Å². The zero-order valence-corrected chi connectivity index (χ0v) is 13.1. The van der Waals surface area contributed by atoms with Gasteiger partial charge in [0.15, 0.2) is 0 Å². The lowest BCUT2D eigenvalue weighted by Crippen LogP contribution is -2.35. The van der Waals surface area contributed by atoms with E-state index in [1.54, 1.807) is 0 Å². The molecule has 1 aromatic carbocycles. The Kier molecular flexibility index (Phi) is 5.86. The Bertz CT molecular complexity index is 417. The van der Waals surface area contributed by atoms with Gasteiger partial charge >= 0.3 is 0 Å². The summed E-state index contributed by atoms with van der Waals surface area (Å²) in [6.07, 6.45) is 0.945. The van der Waals surface area contributed by atoms with Crippen LogP contribution in [-0.2, 0) is 5.41 Å². The largest absolute Gasteiger partial charge is 0.337 e. The third kappa shape index (κ3) is 4.24. The van der Waals surface area contributed by atoms with Gasteiger partial charge in [-0.2, -0.15) is 0 Å². The Labute approximate surface area is 121 Å². The smallest absolute Gasteiger partial charge is 0.254 e. The van der Waals surface area contributed by atoms with Crippen LogP contribution in [0.2, 0.25) is 0 Å². The van der Waals surface area contributed by atoms with Gasteiger partial charge in [-0.1, -0.05) is 45.9 Å². The summed E-state index contributed by atoms with van der Waals surface area (Å²) in [7, 11) is 0. The van der Waals surface area contributed by atoms with E-state index in [9.17, 15) is 4.79 Å². The van der Waals surface area contributed by atoms with Crippen LogP contribution in [0.15, 0.2) is 24.3 Å². The number of nitrogens with zero attached hydrogens (tertiary/aromatic N) is 1. The normalized spacial score (nSPS) is 11.4. The second-order valence-electron chi connectivity index (χ2n) is 5.78. The highest BCUT2D eigenvalue weighted by Gasteiger charge is 2.23. The average molecular weight is 282 g/mol. The first kappa shape index (κ1) is 16.0. The van der Waals surface area contributed by atoms with E-state index in [4.69, 9.17) is 11.6 Å². The third-order valence-corrected chi connectivity index (χ3v) is 3.27. The van der Waals surface area contributed by atoms with E-state index >= 15 is 0 Å². The Morgan fingerprint density at radius 1 is 1.21 bits per heavy atom. The summed E-state index contributed by atoms with van der Waals surface area (Å²) >= 11 is 5.80. The Balaban J connectivity index is 3.11. The van der Waals surface area contributed by atoms with Gasteiger partial charge in [0, 0.05) is 24.5 Å². The molecule has 0 aliphatic rings. The van der Waals surface area contributed by atoms with Crippen LogP contribution in [0.1, 0.15) is 50.0 Å². The van der Waals surface area contributed by atoms with E-state index in [2.05, 4.69) is 27.7 Å². The Morgan fingerprint density at radius 3 is 2.37 bits per heavy atom. The molecule has 106 valence electrons. The molecule has 0 radical (unpaired) electrons. The summed E-state index contributed by atoms with van der Waals surface area (Å²) in [5, 5.41) is 0. The molecular weight excluding hydrogens is 258 g/mol. The molecule has 0 aliphatic heterocycles. The van der Waals surface area contributed by atoms with Crippen LogP contribution in [-0.4, -0.2) is 29.8 Å². The van der Waals surface area contributed by atoms with E-state index < -0.39 is 0 Å². The molecule has 0 N–H and O–H groups in total. The number of carbonyl (C=O) groups is 1. The first-order chi connectivity index (χ1) is 8.91. The molecule has 0 saturated heterocycles. The summed E-state index contributed by atoms with van der Waals surface area (Å²) in [5.74, 6) is 0.566. The van der Waals surface area contributed by atoms with E-state index in [0.29, 0.717) is 12.4 Å². The molecule has 0 bridgehead atoms. The van der Waals surface area contributed by atoms with Crippen molar-refractivity contribution in [2.24, 2.45) is 0 Å². The molecule has 0 fully saturated rings. The van der Waals surface area contributed by atoms with Gasteiger partial charge < -0.3 is 4.90 Å². The minimum absolute atomic E-state index is 0.0366. The molecule has 1 amide bonds. The van der Waals surface area contributed by atoms with Crippen molar-refractivity contribution in [3.05, 3.63) is 35.4 Å². The molecule has 0 spiro atoms. The van der Waals surface area contributed by atoms with Crippen LogP contribution in [0.25, 0.3) is 0 Å². The first-order valence-electron chi connectivity index (χ1n) is 6.86. The lowest BCUT2D eigenvalue weighted by atomic mass is 9.83. The maximum absolute atomic E-state index is 12.7. The van der Waals surface area contributed by atoms with E-state index in [1.807, 2.05) is 29.2 Å². The SMILES string of the molecule is CCCN(CCCl)C(=O)c1ccccc1C(C)(C)C. The molecule has 0 unspecified atom stereocenters. The molecule has 0 aliphatic carbocycles. The van der Waals surface area contributed by atoms with Crippen LogP contribution < -0.4 is 0 Å². The first-order valence-corrected chi connectivity index (χ1v) is 7.40. The maximum Gasteiger partial charge on any atom is 0.254 e. The van der Waals surface area contributed by atoms with Gasteiger partial charge in [0.25, 0.3) is 5.91 Å². The molecule has 0 heterocycles. The lowest BCUT2D eigenvalue weighted by Gasteiger charge is -2.26. The van der Waals surface area contributed by atoms with Gasteiger partial charge in [0.2, 0.25) is 0 Å². The number of hydrogen-bond donors (Lipinski definition) is 0. The monoisotopic (exact) mass is 281 g/mol. The van der Waals surface area contributed by atoms with Crippen LogP contribution >= 0.6 is 11.6 Å². The van der Waals surface area contributed by atoms with Crippen molar-refractivity contribution in [3.8, 4) is 0 Å². The summed E-state index contributed by atoms with van der Waals surface area (Å²) in [5.41, 5.74) is 1.86. The fourth-order valence-corrected chi connectivity index (χ4v) is 2.38. The van der Waals surface area contributed by atoms with E-state index in [1.165, 1.54) is 0 Å². The molecule has 0 atom stereocenters. The van der Waals surface area contributed by atoms with Crippen molar-refractivity contribution in [2.75, 3.05) is 19.0 Å². The van der Waals surface area contributed by atoms with E-state index in [-0.39, 0.29) is 11.3 Å². The Hall–Kier alpha value is -1.02. The summed E-state index contributed by atoms with van der Waals surface area (Å²) in [4.78, 5) is 14.5. The second-order valence-corrected chi connectivity index (χ2v) is 6.15. The molecule has 3 heteroatoms. The van der Waals surface area contributed by atoms with Gasteiger partial charge in [-0.05, 0) is 23.5 Å². The van der Waals surface area contributed by atoms with Crippen molar-refractivity contribution in [1.29, 1.82) is 0 Å². The van der Waals surface area contributed by atoms with Gasteiger partial charge in [-0.25, -0.2) is 0 Å². The number of amides is 1. The minimum Gasteiger partial charge on any atom is -0.337 e. The van der Waals surface area contributed by atoms with Gasteiger partial charge in [0.05, 0.1) is 0 Å². The van der Waals surface area contributed by atoms with Crippen molar-refractivity contribution in [2.45, 2.75) is 39.5 Å². The molecule has 19 heavy (non-hydrogen) atoms.